The molecule has 1 N–H and O–H groups in total. The summed E-state index contributed by atoms with van der Waals surface area (Å²) in [6.45, 7) is 2.64. The molecule has 2 heterocycles. The summed E-state index contributed by atoms with van der Waals surface area (Å²) in [5.74, 6) is 1.33. The molecule has 6 nitrogen and oxygen atoms in total. The Labute approximate surface area is 113 Å². The zero-order chi connectivity index (χ0) is 13.5. The van der Waals surface area contributed by atoms with Gasteiger partial charge in [-0.3, -0.25) is 4.79 Å². The van der Waals surface area contributed by atoms with E-state index in [4.69, 9.17) is 9.47 Å². The molecule has 1 fully saturated rings. The van der Waals surface area contributed by atoms with Gasteiger partial charge >= 0.3 is 0 Å². The van der Waals surface area contributed by atoms with E-state index >= 15 is 0 Å². The molecule has 1 unspecified atom stereocenters. The number of methoxy groups -OCH3 is 1. The Morgan fingerprint density at radius 1 is 1.58 bits per heavy atom. The predicted molar refractivity (Wildman–Crippen MR) is 69.8 cm³/mol. The molecule has 1 saturated heterocycles. The van der Waals surface area contributed by atoms with Crippen molar-refractivity contribution in [3.8, 4) is 0 Å². The van der Waals surface area contributed by atoms with Crippen molar-refractivity contribution in [2.75, 3.05) is 40.0 Å². The summed E-state index contributed by atoms with van der Waals surface area (Å²) < 4.78 is 10.1. The van der Waals surface area contributed by atoms with E-state index in [-0.39, 0.29) is 12.5 Å². The first-order valence-corrected chi connectivity index (χ1v) is 6.65. The fourth-order valence-corrected chi connectivity index (χ4v) is 2.32. The first-order chi connectivity index (χ1) is 9.31. The van der Waals surface area contributed by atoms with E-state index in [1.54, 1.807) is 13.3 Å². The number of carbonyl (C=O) groups excluding carboxylic acids is 1. The van der Waals surface area contributed by atoms with Gasteiger partial charge in [0.25, 0.3) is 0 Å². The smallest absolute Gasteiger partial charge is 0.248 e. The number of hydrogen-bond acceptors (Lipinski definition) is 4. The molecule has 6 heteroatoms. The first-order valence-electron chi connectivity index (χ1n) is 6.65. The van der Waals surface area contributed by atoms with Crippen LogP contribution in [0.2, 0.25) is 0 Å². The van der Waals surface area contributed by atoms with Gasteiger partial charge in [0, 0.05) is 38.5 Å². The van der Waals surface area contributed by atoms with Crippen molar-refractivity contribution >= 4 is 5.91 Å². The van der Waals surface area contributed by atoms with Crippen molar-refractivity contribution < 1.29 is 14.3 Å². The van der Waals surface area contributed by atoms with Crippen LogP contribution in [0, 0.1) is 0 Å². The second kappa shape index (κ2) is 7.25. The molecule has 1 aromatic rings. The Hall–Kier alpha value is -1.40. The number of aromatic amines is 1. The Morgan fingerprint density at radius 3 is 3.21 bits per heavy atom. The summed E-state index contributed by atoms with van der Waals surface area (Å²) in [5.41, 5.74) is 0. The van der Waals surface area contributed by atoms with Gasteiger partial charge < -0.3 is 19.4 Å². The summed E-state index contributed by atoms with van der Waals surface area (Å²) >= 11 is 0. The molecule has 2 rings (SSSR count). The van der Waals surface area contributed by atoms with Crippen molar-refractivity contribution in [3.05, 3.63) is 18.2 Å². The van der Waals surface area contributed by atoms with Gasteiger partial charge in [0.05, 0.1) is 13.2 Å². The number of imidazole rings is 1. The van der Waals surface area contributed by atoms with Crippen LogP contribution >= 0.6 is 0 Å². The Bertz CT molecular complexity index is 380. The molecule has 0 spiro atoms. The van der Waals surface area contributed by atoms with Crippen molar-refractivity contribution in [1.29, 1.82) is 0 Å². The maximum absolute atomic E-state index is 12.0. The number of carbonyl (C=O) groups is 1. The van der Waals surface area contributed by atoms with Crippen LogP contribution in [0.1, 0.15) is 24.6 Å². The van der Waals surface area contributed by atoms with Crippen LogP contribution in [0.3, 0.4) is 0 Å². The first kappa shape index (κ1) is 14.0. The van der Waals surface area contributed by atoms with Crippen LogP contribution in [0.15, 0.2) is 12.4 Å². The number of ether oxygens (including phenoxy) is 2. The molecule has 1 aromatic heterocycles. The van der Waals surface area contributed by atoms with Crippen LogP contribution in [0.5, 0.6) is 0 Å². The third-order valence-electron chi connectivity index (χ3n) is 3.34. The number of nitrogens with one attached hydrogen (secondary N) is 1. The molecule has 19 heavy (non-hydrogen) atoms. The van der Waals surface area contributed by atoms with E-state index in [2.05, 4.69) is 9.97 Å². The van der Waals surface area contributed by atoms with E-state index in [0.29, 0.717) is 19.1 Å². The lowest BCUT2D eigenvalue weighted by Crippen LogP contribution is -2.41. The lowest BCUT2D eigenvalue weighted by Gasteiger charge is -2.31. The van der Waals surface area contributed by atoms with Crippen molar-refractivity contribution in [2.24, 2.45) is 0 Å². The lowest BCUT2D eigenvalue weighted by molar-refractivity contribution is -0.137. The maximum Gasteiger partial charge on any atom is 0.248 e. The van der Waals surface area contributed by atoms with Crippen LogP contribution < -0.4 is 0 Å². The summed E-state index contributed by atoms with van der Waals surface area (Å²) in [6, 6.07) is 0. The average molecular weight is 267 g/mol. The fourth-order valence-electron chi connectivity index (χ4n) is 2.32. The number of piperidine rings is 1. The van der Waals surface area contributed by atoms with E-state index in [9.17, 15) is 4.79 Å². The van der Waals surface area contributed by atoms with Gasteiger partial charge in [-0.1, -0.05) is 0 Å². The largest absolute Gasteiger partial charge is 0.382 e. The summed E-state index contributed by atoms with van der Waals surface area (Å²) in [7, 11) is 1.61. The maximum atomic E-state index is 12.0. The van der Waals surface area contributed by atoms with Crippen molar-refractivity contribution in [2.45, 2.75) is 18.8 Å². The van der Waals surface area contributed by atoms with Gasteiger partial charge in [-0.15, -0.1) is 0 Å². The number of rotatable bonds is 6. The third kappa shape index (κ3) is 4.04. The number of H-pyrrole nitrogens is 1. The van der Waals surface area contributed by atoms with Gasteiger partial charge in [-0.05, 0) is 12.8 Å². The molecule has 1 atom stereocenters. The molecule has 0 radical (unpaired) electrons. The summed E-state index contributed by atoms with van der Waals surface area (Å²) in [5, 5.41) is 0. The quantitative estimate of drug-likeness (QED) is 0.773. The summed E-state index contributed by atoms with van der Waals surface area (Å²) in [6.07, 6.45) is 5.66. The molecular formula is C13H21N3O3. The fraction of sp³-hybridized carbons (Fsp3) is 0.692. The number of likely N-dealkylation sites (tertiary alicyclic amines) is 1. The molecule has 0 saturated carbocycles. The highest BCUT2D eigenvalue weighted by molar-refractivity contribution is 5.77. The average Bonchev–Trinajstić information content (AvgIpc) is 2.98. The van der Waals surface area contributed by atoms with E-state index in [1.807, 2.05) is 11.1 Å². The molecule has 0 bridgehead atoms. The van der Waals surface area contributed by atoms with E-state index in [0.717, 1.165) is 31.8 Å². The molecule has 1 aliphatic rings. The standard InChI is InChI=1S/C13H21N3O3/c1-18-7-8-19-10-12(17)16-6-2-3-11(9-16)13-14-4-5-15-13/h4-5,11H,2-3,6-10H2,1H3,(H,14,15). The Morgan fingerprint density at radius 2 is 2.47 bits per heavy atom. The molecule has 1 amide bonds. The normalized spacial score (nSPS) is 19.6. The van der Waals surface area contributed by atoms with Gasteiger partial charge in [-0.25, -0.2) is 4.98 Å². The lowest BCUT2D eigenvalue weighted by atomic mass is 9.97. The minimum absolute atomic E-state index is 0.0485. The minimum Gasteiger partial charge on any atom is -0.382 e. The second-order valence-corrected chi connectivity index (χ2v) is 4.70. The molecule has 0 aromatic carbocycles. The molecule has 106 valence electrons. The van der Waals surface area contributed by atoms with Gasteiger partial charge in [0.2, 0.25) is 5.91 Å². The number of amides is 1. The Balaban J connectivity index is 1.78. The minimum atomic E-state index is 0.0485. The van der Waals surface area contributed by atoms with Crippen LogP contribution in [0.25, 0.3) is 0 Å². The monoisotopic (exact) mass is 267 g/mol. The highest BCUT2D eigenvalue weighted by atomic mass is 16.5. The second-order valence-electron chi connectivity index (χ2n) is 4.70. The van der Waals surface area contributed by atoms with Gasteiger partial charge in [0.1, 0.15) is 12.4 Å². The predicted octanol–water partition coefficient (Wildman–Crippen LogP) is 0.779. The Kier molecular flexibility index (Phi) is 5.35. The van der Waals surface area contributed by atoms with Crippen molar-refractivity contribution in [3.63, 3.8) is 0 Å². The highest BCUT2D eigenvalue weighted by Crippen LogP contribution is 2.24. The van der Waals surface area contributed by atoms with Crippen LogP contribution in [-0.4, -0.2) is 60.8 Å². The highest BCUT2D eigenvalue weighted by Gasteiger charge is 2.25. The number of aromatic nitrogens is 2. The molecular weight excluding hydrogens is 246 g/mol. The summed E-state index contributed by atoms with van der Waals surface area (Å²) in [4.78, 5) is 21.3. The topological polar surface area (TPSA) is 67.5 Å². The van der Waals surface area contributed by atoms with Gasteiger partial charge in [-0.2, -0.15) is 0 Å². The van der Waals surface area contributed by atoms with E-state index in [1.165, 1.54) is 0 Å². The molecule has 0 aliphatic carbocycles. The third-order valence-corrected chi connectivity index (χ3v) is 3.34. The van der Waals surface area contributed by atoms with Crippen molar-refractivity contribution in [1.82, 2.24) is 14.9 Å². The number of hydrogen-bond donors (Lipinski definition) is 1. The zero-order valence-electron chi connectivity index (χ0n) is 11.3. The van der Waals surface area contributed by atoms with E-state index < -0.39 is 0 Å². The van der Waals surface area contributed by atoms with Crippen LogP contribution in [0.4, 0.5) is 0 Å². The van der Waals surface area contributed by atoms with Gasteiger partial charge in [0.15, 0.2) is 0 Å². The van der Waals surface area contributed by atoms with Crippen LogP contribution in [-0.2, 0) is 14.3 Å². The number of nitrogens with zero attached hydrogens (tertiary/aromatic N) is 2. The molecule has 1 aliphatic heterocycles. The zero-order valence-corrected chi connectivity index (χ0v) is 11.3. The SMILES string of the molecule is COCCOCC(=O)N1CCCC(c2ncc[nH]2)C1.